The zero-order valence-corrected chi connectivity index (χ0v) is 71.9. The van der Waals surface area contributed by atoms with Gasteiger partial charge in [-0.2, -0.15) is 77.4 Å². The number of phenols is 2. The molecule has 0 spiro atoms. The number of aromatic hydroxyl groups is 2. The van der Waals surface area contributed by atoms with Gasteiger partial charge in [0.25, 0.3) is 26.2 Å². The van der Waals surface area contributed by atoms with Gasteiger partial charge in [-0.25, -0.2) is 4.79 Å². The fourth-order valence-corrected chi connectivity index (χ4v) is 13.2. The number of phenolic OH excluding ortho intramolecular Hbond substituents is 2. The van der Waals surface area contributed by atoms with Crippen LogP contribution in [0.4, 0.5) is 92.6 Å². The Labute approximate surface area is 710 Å². The monoisotopic (exact) mass is 1720 g/mol. The first-order valence-electron chi connectivity index (χ1n) is 40.3. The van der Waals surface area contributed by atoms with E-state index >= 15 is 0 Å². The third kappa shape index (κ3) is 32.7. The summed E-state index contributed by atoms with van der Waals surface area (Å²) in [5.41, 5.74) is 3.47. The van der Waals surface area contributed by atoms with Gasteiger partial charge in [0.05, 0.1) is 73.4 Å². The smallest absolute Gasteiger partial charge is 0.332 e. The molecule has 10 aromatic rings. The van der Waals surface area contributed by atoms with E-state index in [0.717, 1.165) is 111 Å². The minimum atomic E-state index is -4.83. The molecule has 0 saturated heterocycles. The molecule has 2 aromatic heterocycles. The predicted octanol–water partition coefficient (Wildman–Crippen LogP) is 14.4. The number of aliphatic hydroxyl groups excluding tert-OH is 1. The maximum absolute atomic E-state index is 12.6. The van der Waals surface area contributed by atoms with Crippen LogP contribution in [0.15, 0.2) is 208 Å². The highest BCUT2D eigenvalue weighted by atomic mass is 32.2. The molecule has 0 aliphatic rings. The van der Waals surface area contributed by atoms with E-state index in [1.54, 1.807) is 84.9 Å². The summed E-state index contributed by atoms with van der Waals surface area (Å²) in [5.74, 6) is -0.775. The van der Waals surface area contributed by atoms with Gasteiger partial charge in [-0.1, -0.05) is 64.1 Å². The Morgan fingerprint density at radius 3 is 0.951 bits per heavy atom. The van der Waals surface area contributed by atoms with Crippen LogP contribution in [0.1, 0.15) is 94.9 Å². The number of aromatic nitrogens is 6. The predicted molar refractivity (Wildman–Crippen MR) is 474 cm³/mol. The van der Waals surface area contributed by atoms with Crippen molar-refractivity contribution in [1.82, 2.24) is 39.7 Å². The Morgan fingerprint density at radius 2 is 0.680 bits per heavy atom. The van der Waals surface area contributed by atoms with Crippen LogP contribution in [-0.2, 0) is 29.8 Å². The van der Waals surface area contributed by atoms with Gasteiger partial charge in [0, 0.05) is 68.1 Å². The summed E-state index contributed by atoms with van der Waals surface area (Å²) in [6.07, 6.45) is 2.47. The van der Waals surface area contributed by atoms with E-state index in [1.807, 2.05) is 60.7 Å². The van der Waals surface area contributed by atoms with Crippen LogP contribution in [-0.4, -0.2) is 214 Å². The molecule has 0 fully saturated rings. The largest absolute Gasteiger partial charge is 0.505 e. The van der Waals surface area contributed by atoms with E-state index < -0.39 is 70.9 Å². The number of quaternary nitrogens is 2. The van der Waals surface area contributed by atoms with Crippen LogP contribution in [0.5, 0.6) is 11.5 Å². The molecular weight excluding hydrogens is 1610 g/mol. The van der Waals surface area contributed by atoms with Crippen LogP contribution in [0.25, 0.3) is 21.5 Å². The van der Waals surface area contributed by atoms with Crippen molar-refractivity contribution in [3.8, 4) is 11.5 Å². The summed E-state index contributed by atoms with van der Waals surface area (Å²) in [6.45, 7) is 34.5. The Balaban J connectivity index is 0.000000302. The van der Waals surface area contributed by atoms with E-state index in [-0.39, 0.29) is 22.7 Å². The number of hydrogen-bond acceptors (Lipinski definition) is 31. The number of benzene rings is 8. The van der Waals surface area contributed by atoms with Crippen LogP contribution < -0.4 is 41.7 Å². The van der Waals surface area contributed by atoms with Crippen molar-refractivity contribution in [3.63, 3.8) is 0 Å². The van der Waals surface area contributed by atoms with Gasteiger partial charge < -0.3 is 77.0 Å². The average Bonchev–Trinajstić information content (AvgIpc) is 0.770. The summed E-state index contributed by atoms with van der Waals surface area (Å²) in [6, 6.07) is 44.0. The summed E-state index contributed by atoms with van der Waals surface area (Å²) < 4.78 is 70.6. The van der Waals surface area contributed by atoms with E-state index in [4.69, 9.17) is 20.1 Å². The van der Waals surface area contributed by atoms with Crippen molar-refractivity contribution < 1.29 is 70.9 Å². The Hall–Kier alpha value is -12.3. The number of azo groups is 4. The Bertz CT molecular complexity index is 4930. The van der Waals surface area contributed by atoms with E-state index in [1.165, 1.54) is 28.9 Å². The SMILES string of the molecule is CC(=O)O.CC(O)C(=O)O.CCN(CC)CCCNc1nc(NCCC[NH+](CC)CC)nc(Nc2ccc3c(O)c(N=Nc4ccc(N=Nc5ccccc5)cc4)c(S(=O)(=O)O)cc3c2)n1.CCN(CC)CCCNc1nc(NCCC[NH+](CC)CC)nc(Nc2ccc3c(O)c(N=Nc4ccc(N=Nc5ccccc5)cc4)c(S(=O)(=O)O)cc3c2)n1. The summed E-state index contributed by atoms with van der Waals surface area (Å²) in [4.78, 5) is 52.6. The molecule has 122 heavy (non-hydrogen) atoms. The van der Waals surface area contributed by atoms with Crippen molar-refractivity contribution in [2.45, 2.75) is 111 Å². The number of nitrogens with zero attached hydrogens (tertiary/aromatic N) is 16. The molecule has 10 rings (SSSR count). The van der Waals surface area contributed by atoms with Crippen molar-refractivity contribution >= 4 is 146 Å². The highest BCUT2D eigenvalue weighted by molar-refractivity contribution is 7.86. The summed E-state index contributed by atoms with van der Waals surface area (Å²) in [5, 5.41) is 99.7. The molecule has 15 N–H and O–H groups in total. The Kier molecular flexibility index (Phi) is 39.7. The van der Waals surface area contributed by atoms with Crippen LogP contribution in [0, 0.1) is 0 Å². The van der Waals surface area contributed by atoms with Crippen LogP contribution in [0.3, 0.4) is 0 Å². The van der Waals surface area contributed by atoms with Crippen molar-refractivity contribution in [1.29, 1.82) is 0 Å². The topological polar surface area (TPSA) is 508 Å². The lowest BCUT2D eigenvalue weighted by Crippen LogP contribution is -3.11. The fraction of sp³-hybridized carbons (Fsp3) is 0.373. The minimum absolute atomic E-state index is 0.264. The minimum Gasteiger partial charge on any atom is -0.505 e. The molecule has 37 nitrogen and oxygen atoms in total. The lowest BCUT2D eigenvalue weighted by atomic mass is 10.1. The first kappa shape index (κ1) is 96.8. The molecule has 0 amide bonds. The first-order chi connectivity index (χ1) is 58.6. The molecule has 0 bridgehead atoms. The van der Waals surface area contributed by atoms with Gasteiger partial charge in [-0.15, -0.1) is 10.2 Å². The third-order valence-corrected chi connectivity index (χ3v) is 20.5. The Morgan fingerprint density at radius 1 is 0.410 bits per heavy atom. The standard InChI is InChI=1S/2C39H50N12O4S.C3H6O3.C2H4O2/c2*1-5-50(6-2)24-12-22-40-37-43-38(41-23-13-25-51(7-3)8-4)45-39(44-37)42-32-20-21-33-28(26-32)27-34(56(53,54)55)35(36(33)52)49-48-31-18-16-30(17-19-31)47-46-29-14-10-9-11-15-29;1-2(4)3(5)6;1-2(3)4/h2*9-11,14-21,26-27,52H,5-8,12-13,22-25H2,1-4H3,(H,53,54,55)(H3,40,41,42,43,44,45);2,4H,1H3,(H,5,6);1H3,(H,3,4)/p+2. The van der Waals surface area contributed by atoms with Crippen LogP contribution >= 0.6 is 0 Å². The lowest BCUT2D eigenvalue weighted by molar-refractivity contribution is -0.896. The molecule has 0 saturated carbocycles. The maximum Gasteiger partial charge on any atom is 0.332 e. The first-order valence-corrected chi connectivity index (χ1v) is 43.2. The zero-order valence-electron chi connectivity index (χ0n) is 70.3. The number of carbonyl (C=O) groups is 2. The number of carboxylic acids is 2. The zero-order chi connectivity index (χ0) is 88.6. The molecule has 39 heteroatoms. The van der Waals surface area contributed by atoms with Crippen molar-refractivity contribution in [2.24, 2.45) is 40.9 Å². The number of aliphatic carboxylic acids is 2. The quantitative estimate of drug-likeness (QED) is 0.00958. The molecule has 1 atom stereocenters. The molecule has 0 radical (unpaired) electrons. The fourth-order valence-electron chi connectivity index (χ4n) is 11.9. The normalized spacial score (nSPS) is 11.9. The number of carboxylic acid groups (broad SMARTS) is 2. The van der Waals surface area contributed by atoms with E-state index in [0.29, 0.717) is 106 Å². The molecule has 0 aliphatic carbocycles. The van der Waals surface area contributed by atoms with Crippen molar-refractivity contribution in [3.05, 3.63) is 158 Å². The number of hydrogen-bond donors (Lipinski definition) is 15. The second kappa shape index (κ2) is 50.0. The number of fused-ring (bicyclic) bond motifs is 2. The van der Waals surface area contributed by atoms with Gasteiger partial charge in [0.2, 0.25) is 35.7 Å². The number of anilines is 8. The molecule has 8 aromatic carbocycles. The highest BCUT2D eigenvalue weighted by Gasteiger charge is 2.25. The molecule has 2 heterocycles. The van der Waals surface area contributed by atoms with Gasteiger partial charge in [-0.3, -0.25) is 13.9 Å². The van der Waals surface area contributed by atoms with Crippen LogP contribution in [0.2, 0.25) is 0 Å². The van der Waals surface area contributed by atoms with Gasteiger partial charge >= 0.3 is 5.97 Å². The molecule has 652 valence electrons. The number of rotatable bonds is 43. The van der Waals surface area contributed by atoms with Crippen molar-refractivity contribution in [2.75, 3.05) is 137 Å². The molecular formula is C83H112N24O13S2+2. The maximum atomic E-state index is 12.6. The second-order valence-electron chi connectivity index (χ2n) is 27.5. The summed E-state index contributed by atoms with van der Waals surface area (Å²) in [7, 11) is -9.66. The number of nitrogens with one attached hydrogen (secondary N) is 8. The molecule has 0 aliphatic heterocycles. The average molecular weight is 1720 g/mol. The van der Waals surface area contributed by atoms with E-state index in [2.05, 4.69) is 168 Å². The third-order valence-electron chi connectivity index (χ3n) is 18.7. The molecule has 1 unspecified atom stereocenters. The second-order valence-corrected chi connectivity index (χ2v) is 30.2. The van der Waals surface area contributed by atoms with Gasteiger partial charge in [-0.05, 0) is 219 Å². The number of aliphatic hydroxyl groups is 1. The van der Waals surface area contributed by atoms with E-state index in [9.17, 15) is 40.9 Å². The summed E-state index contributed by atoms with van der Waals surface area (Å²) >= 11 is 0. The van der Waals surface area contributed by atoms with Gasteiger partial charge in [0.15, 0.2) is 11.5 Å². The van der Waals surface area contributed by atoms with Gasteiger partial charge in [0.1, 0.15) is 27.3 Å². The lowest BCUT2D eigenvalue weighted by Gasteiger charge is -2.18. The highest BCUT2D eigenvalue weighted by Crippen LogP contribution is 2.44.